The fraction of sp³-hybridized carbons (Fsp3) is 0.214. The molecule has 0 unspecified atom stereocenters. The van der Waals surface area contributed by atoms with E-state index in [9.17, 15) is 23.9 Å². The van der Waals surface area contributed by atoms with Gasteiger partial charge in [0.2, 0.25) is 11.1 Å². The second-order valence-corrected chi connectivity index (χ2v) is 5.76. The van der Waals surface area contributed by atoms with E-state index < -0.39 is 23.3 Å². The molecule has 0 aliphatic heterocycles. The number of amides is 1. The number of benzene rings is 1. The minimum Gasteiger partial charge on any atom is -0.550 e. The van der Waals surface area contributed by atoms with Crippen molar-refractivity contribution >= 4 is 29.3 Å². The monoisotopic (exact) mass is 366 g/mol. The van der Waals surface area contributed by atoms with E-state index in [1.807, 2.05) is 0 Å². The third-order valence-corrected chi connectivity index (χ3v) is 3.90. The van der Waals surface area contributed by atoms with Crippen molar-refractivity contribution in [3.8, 4) is 0 Å². The lowest BCUT2D eigenvalue weighted by atomic mass is 10.2. The summed E-state index contributed by atoms with van der Waals surface area (Å²) in [6.07, 6.45) is -0.530. The van der Waals surface area contributed by atoms with Gasteiger partial charge in [0.1, 0.15) is 11.5 Å². The van der Waals surface area contributed by atoms with Gasteiger partial charge in [0.25, 0.3) is 5.56 Å². The van der Waals surface area contributed by atoms with Crippen LogP contribution in [0.2, 0.25) is 0 Å². The van der Waals surface area contributed by atoms with E-state index in [0.29, 0.717) is 10.4 Å². The SMILES string of the molecule is Nn1c(SCC(=O)Nc2ccc(F)cc2)nnc(CCC(=O)[O-])c1=O. The topological polar surface area (TPSA) is 143 Å². The first-order chi connectivity index (χ1) is 11.9. The number of aryl methyl sites for hydroxylation is 1. The Morgan fingerprint density at radius 1 is 1.28 bits per heavy atom. The normalized spacial score (nSPS) is 10.4. The molecule has 0 saturated carbocycles. The average Bonchev–Trinajstić information content (AvgIpc) is 2.57. The Kier molecular flexibility index (Phi) is 6.06. The van der Waals surface area contributed by atoms with Gasteiger partial charge in [-0.15, -0.1) is 10.2 Å². The number of hydrogen-bond donors (Lipinski definition) is 2. The van der Waals surface area contributed by atoms with Gasteiger partial charge in [0.05, 0.1) is 5.75 Å². The van der Waals surface area contributed by atoms with E-state index in [1.165, 1.54) is 24.3 Å². The standard InChI is InChI=1S/C14H14FN5O4S/c15-8-1-3-9(4-2-8)17-11(21)7-25-14-19-18-10(5-6-12(22)23)13(24)20(14)16/h1-4H,5-7,16H2,(H,17,21)(H,22,23)/p-1. The maximum Gasteiger partial charge on any atom is 0.294 e. The van der Waals surface area contributed by atoms with Crippen LogP contribution in [0.1, 0.15) is 12.1 Å². The van der Waals surface area contributed by atoms with Crippen molar-refractivity contribution in [1.29, 1.82) is 0 Å². The van der Waals surface area contributed by atoms with Gasteiger partial charge in [0.15, 0.2) is 0 Å². The van der Waals surface area contributed by atoms with Crippen molar-refractivity contribution in [2.75, 3.05) is 16.9 Å². The molecule has 0 saturated heterocycles. The highest BCUT2D eigenvalue weighted by molar-refractivity contribution is 7.99. The van der Waals surface area contributed by atoms with Crippen LogP contribution in [0.5, 0.6) is 0 Å². The highest BCUT2D eigenvalue weighted by atomic mass is 32.2. The number of carboxylic acids is 1. The molecule has 1 aromatic carbocycles. The number of nitrogens with one attached hydrogen (secondary N) is 1. The van der Waals surface area contributed by atoms with Crippen molar-refractivity contribution in [3.05, 3.63) is 46.1 Å². The summed E-state index contributed by atoms with van der Waals surface area (Å²) < 4.78 is 13.5. The summed E-state index contributed by atoms with van der Waals surface area (Å²) in [7, 11) is 0. The quantitative estimate of drug-likeness (QED) is 0.464. The van der Waals surface area contributed by atoms with Crippen LogP contribution >= 0.6 is 11.8 Å². The number of nitrogens with zero attached hydrogens (tertiary/aromatic N) is 3. The summed E-state index contributed by atoms with van der Waals surface area (Å²) >= 11 is 0.874. The second-order valence-electron chi connectivity index (χ2n) is 4.82. The molecule has 25 heavy (non-hydrogen) atoms. The summed E-state index contributed by atoms with van der Waals surface area (Å²) in [5, 5.41) is 20.3. The fourth-order valence-corrected chi connectivity index (χ4v) is 2.41. The minimum absolute atomic E-state index is 0.00328. The van der Waals surface area contributed by atoms with E-state index in [4.69, 9.17) is 5.84 Å². The molecule has 0 bridgehead atoms. The van der Waals surface area contributed by atoms with Gasteiger partial charge in [-0.05, 0) is 30.7 Å². The Morgan fingerprint density at radius 2 is 1.96 bits per heavy atom. The van der Waals surface area contributed by atoms with Crippen LogP contribution in [0.15, 0.2) is 34.2 Å². The summed E-state index contributed by atoms with van der Waals surface area (Å²) in [5.41, 5.74) is -0.384. The molecule has 132 valence electrons. The molecule has 0 atom stereocenters. The second kappa shape index (κ2) is 8.24. The number of thioether (sulfide) groups is 1. The van der Waals surface area contributed by atoms with Gasteiger partial charge >= 0.3 is 0 Å². The number of carboxylic acid groups (broad SMARTS) is 1. The van der Waals surface area contributed by atoms with Crippen LogP contribution in [-0.4, -0.2) is 32.5 Å². The zero-order chi connectivity index (χ0) is 18.4. The number of carbonyl (C=O) groups excluding carboxylic acids is 2. The Hall–Kier alpha value is -2.95. The number of nitrogen functional groups attached to an aromatic ring is 1. The summed E-state index contributed by atoms with van der Waals surface area (Å²) in [6, 6.07) is 5.22. The first-order valence-corrected chi connectivity index (χ1v) is 7.97. The Balaban J connectivity index is 1.97. The predicted octanol–water partition coefficient (Wildman–Crippen LogP) is -1.10. The Labute approximate surface area is 145 Å². The number of aliphatic carboxylic acids is 1. The Bertz CT molecular complexity index is 840. The van der Waals surface area contributed by atoms with Gasteiger partial charge in [-0.25, -0.2) is 4.39 Å². The van der Waals surface area contributed by atoms with Crippen molar-refractivity contribution in [2.24, 2.45) is 0 Å². The zero-order valence-corrected chi connectivity index (χ0v) is 13.6. The van der Waals surface area contributed by atoms with E-state index in [1.54, 1.807) is 0 Å². The van der Waals surface area contributed by atoms with Gasteiger partial charge < -0.3 is 21.1 Å². The van der Waals surface area contributed by atoms with Crippen molar-refractivity contribution in [3.63, 3.8) is 0 Å². The molecule has 3 N–H and O–H groups in total. The first-order valence-electron chi connectivity index (χ1n) is 6.98. The molecular weight excluding hydrogens is 353 g/mol. The number of rotatable bonds is 7. The molecular formula is C14H13FN5O4S-. The molecule has 1 amide bonds. The molecule has 2 aromatic rings. The largest absolute Gasteiger partial charge is 0.550 e. The van der Waals surface area contributed by atoms with Crippen LogP contribution in [0, 0.1) is 5.82 Å². The van der Waals surface area contributed by atoms with Gasteiger partial charge in [-0.2, -0.15) is 4.68 Å². The molecule has 0 fully saturated rings. The zero-order valence-electron chi connectivity index (χ0n) is 12.8. The number of halogens is 1. The smallest absolute Gasteiger partial charge is 0.294 e. The third kappa shape index (κ3) is 5.28. The maximum absolute atomic E-state index is 12.8. The highest BCUT2D eigenvalue weighted by Crippen LogP contribution is 2.13. The van der Waals surface area contributed by atoms with E-state index in [2.05, 4.69) is 15.5 Å². The lowest BCUT2D eigenvalue weighted by Gasteiger charge is -2.08. The molecule has 11 heteroatoms. The molecule has 0 aliphatic rings. The van der Waals surface area contributed by atoms with Crippen LogP contribution < -0.4 is 21.8 Å². The Morgan fingerprint density at radius 3 is 2.60 bits per heavy atom. The van der Waals surface area contributed by atoms with Crippen molar-refractivity contribution in [1.82, 2.24) is 14.9 Å². The van der Waals surface area contributed by atoms with Crippen molar-refractivity contribution < 1.29 is 19.1 Å². The van der Waals surface area contributed by atoms with Crippen LogP contribution in [-0.2, 0) is 16.0 Å². The number of hydrogen-bond acceptors (Lipinski definition) is 8. The summed E-state index contributed by atoms with van der Waals surface area (Å²) in [6.45, 7) is 0. The van der Waals surface area contributed by atoms with Crippen molar-refractivity contribution in [2.45, 2.75) is 18.0 Å². The molecule has 0 aliphatic carbocycles. The van der Waals surface area contributed by atoms with Gasteiger partial charge in [-0.1, -0.05) is 11.8 Å². The summed E-state index contributed by atoms with van der Waals surface area (Å²) in [4.78, 5) is 34.2. The molecule has 2 rings (SSSR count). The lowest BCUT2D eigenvalue weighted by molar-refractivity contribution is -0.305. The van der Waals surface area contributed by atoms with Crippen LogP contribution in [0.3, 0.4) is 0 Å². The molecule has 1 heterocycles. The van der Waals surface area contributed by atoms with Gasteiger partial charge in [-0.3, -0.25) is 9.59 Å². The number of anilines is 1. The third-order valence-electron chi connectivity index (χ3n) is 2.95. The average molecular weight is 366 g/mol. The number of nitrogens with two attached hydrogens (primary N) is 1. The lowest BCUT2D eigenvalue weighted by Crippen LogP contribution is -2.34. The first kappa shape index (κ1) is 18.4. The predicted molar refractivity (Wildman–Crippen MR) is 85.5 cm³/mol. The summed E-state index contributed by atoms with van der Waals surface area (Å²) in [5.74, 6) is 3.33. The van der Waals surface area contributed by atoms with Gasteiger partial charge in [0, 0.05) is 18.1 Å². The molecule has 0 radical (unpaired) electrons. The van der Waals surface area contributed by atoms with Crippen LogP contribution in [0.4, 0.5) is 10.1 Å². The number of carbonyl (C=O) groups is 2. The molecule has 0 spiro atoms. The molecule has 9 nitrogen and oxygen atoms in total. The fourth-order valence-electron chi connectivity index (χ4n) is 1.76. The van der Waals surface area contributed by atoms with Crippen LogP contribution in [0.25, 0.3) is 0 Å². The minimum atomic E-state index is -1.32. The van der Waals surface area contributed by atoms with E-state index in [-0.39, 0.29) is 29.4 Å². The molecule has 1 aromatic heterocycles. The van der Waals surface area contributed by atoms with E-state index in [0.717, 1.165) is 11.8 Å². The maximum atomic E-state index is 12.8. The number of aromatic nitrogens is 3. The van der Waals surface area contributed by atoms with E-state index >= 15 is 0 Å². The highest BCUT2D eigenvalue weighted by Gasteiger charge is 2.12.